The Labute approximate surface area is 306 Å². The fourth-order valence-corrected chi connectivity index (χ4v) is 7.89. The van der Waals surface area contributed by atoms with E-state index in [9.17, 15) is 4.79 Å². The minimum Gasteiger partial charge on any atom is -0.491 e. The van der Waals surface area contributed by atoms with Crippen molar-refractivity contribution in [3.63, 3.8) is 0 Å². The summed E-state index contributed by atoms with van der Waals surface area (Å²) in [5.41, 5.74) is 3.76. The Balaban J connectivity index is 0.842. The molecule has 1 saturated carbocycles. The minimum atomic E-state index is -1.16. The van der Waals surface area contributed by atoms with Gasteiger partial charge in [-0.25, -0.2) is 23.7 Å². The van der Waals surface area contributed by atoms with Crippen LogP contribution in [0.5, 0.6) is 5.75 Å². The maximum absolute atomic E-state index is 13.1. The summed E-state index contributed by atoms with van der Waals surface area (Å²) in [6, 6.07) is 21.9. The number of anilines is 2. The summed E-state index contributed by atoms with van der Waals surface area (Å²) in [6.45, 7) is 4.47. The highest BCUT2D eigenvalue weighted by Crippen LogP contribution is 2.40. The Hall–Kier alpha value is -4.36. The monoisotopic (exact) mass is 730 g/mol. The van der Waals surface area contributed by atoms with Crippen molar-refractivity contribution in [3.8, 4) is 11.4 Å². The average molecular weight is 732 g/mol. The van der Waals surface area contributed by atoms with Gasteiger partial charge < -0.3 is 24.0 Å². The van der Waals surface area contributed by atoms with E-state index in [-0.39, 0.29) is 24.4 Å². The summed E-state index contributed by atoms with van der Waals surface area (Å²) in [6.07, 6.45) is 10.0. The second-order valence-electron chi connectivity index (χ2n) is 13.3. The van der Waals surface area contributed by atoms with Crippen LogP contribution in [0.3, 0.4) is 0 Å². The highest BCUT2D eigenvalue weighted by molar-refractivity contribution is 6.35. The molecule has 14 heteroatoms. The Bertz CT molecular complexity index is 1970. The van der Waals surface area contributed by atoms with Crippen LogP contribution in [0.25, 0.3) is 5.69 Å². The average Bonchev–Trinajstić information content (AvgIpc) is 3.93. The molecule has 5 aromatic rings. The van der Waals surface area contributed by atoms with Crippen LogP contribution in [0.2, 0.25) is 10.0 Å². The van der Waals surface area contributed by atoms with Crippen molar-refractivity contribution in [2.75, 3.05) is 49.2 Å². The predicted octanol–water partition coefficient (Wildman–Crippen LogP) is 6.11. The largest absolute Gasteiger partial charge is 0.491 e. The van der Waals surface area contributed by atoms with Crippen LogP contribution >= 0.6 is 23.2 Å². The highest BCUT2D eigenvalue weighted by Gasteiger charge is 2.45. The van der Waals surface area contributed by atoms with Crippen molar-refractivity contribution in [2.45, 2.75) is 56.6 Å². The maximum Gasteiger partial charge on any atom is 0.350 e. The van der Waals surface area contributed by atoms with Crippen molar-refractivity contribution in [1.29, 1.82) is 0 Å². The Morgan fingerprint density at radius 1 is 0.824 bits per heavy atom. The molecule has 1 aliphatic carbocycles. The molecular formula is C37H40Cl2N8O4. The number of benzene rings is 3. The zero-order valence-electron chi connectivity index (χ0n) is 28.2. The summed E-state index contributed by atoms with van der Waals surface area (Å²) in [7, 11) is 0. The third kappa shape index (κ3) is 7.23. The van der Waals surface area contributed by atoms with Gasteiger partial charge in [0.1, 0.15) is 44.0 Å². The molecule has 0 unspecified atom stereocenters. The van der Waals surface area contributed by atoms with E-state index in [1.807, 2.05) is 30.3 Å². The Morgan fingerprint density at radius 2 is 1.51 bits per heavy atom. The predicted molar refractivity (Wildman–Crippen MR) is 195 cm³/mol. The standard InChI is InChI=1S/C37H40Cl2N8O4/c38-27-6-15-34(35(39)20-27)37(23-45-25-40-24-41-45)50-22-33(51-37)21-49-32-13-11-29(12-14-32)44-18-16-43(17-19-44)28-7-9-30(10-8-28)46-26-42-47(36(46)48)31-4-2-1-3-5-31/h6-15,20,24-26,31,33H,1-5,16-19,21-23H2/t33-,37-/m1/s1. The molecule has 3 aromatic carbocycles. The molecule has 3 aliphatic rings. The van der Waals surface area contributed by atoms with Gasteiger partial charge >= 0.3 is 5.69 Å². The Kier molecular flexibility index (Phi) is 9.74. The van der Waals surface area contributed by atoms with E-state index < -0.39 is 5.79 Å². The van der Waals surface area contributed by atoms with Gasteiger partial charge in [-0.1, -0.05) is 48.5 Å². The third-order valence-corrected chi connectivity index (χ3v) is 10.6. The van der Waals surface area contributed by atoms with E-state index in [0.29, 0.717) is 28.8 Å². The van der Waals surface area contributed by atoms with Gasteiger partial charge in [-0.05, 0) is 73.5 Å². The summed E-state index contributed by atoms with van der Waals surface area (Å²) in [5, 5.41) is 9.67. The summed E-state index contributed by atoms with van der Waals surface area (Å²) in [4.78, 5) is 21.9. The molecule has 3 fully saturated rings. The fourth-order valence-electron chi connectivity index (χ4n) is 7.34. The first-order valence-corrected chi connectivity index (χ1v) is 18.3. The van der Waals surface area contributed by atoms with E-state index >= 15 is 0 Å². The molecule has 0 bridgehead atoms. The second kappa shape index (κ2) is 14.7. The van der Waals surface area contributed by atoms with Gasteiger partial charge in [-0.15, -0.1) is 0 Å². The maximum atomic E-state index is 13.1. The molecular weight excluding hydrogens is 691 g/mol. The number of piperazine rings is 1. The summed E-state index contributed by atoms with van der Waals surface area (Å²) in [5.74, 6) is -0.405. The molecule has 2 atom stereocenters. The zero-order chi connectivity index (χ0) is 34.8. The van der Waals surface area contributed by atoms with Crippen LogP contribution in [0.15, 0.2) is 90.5 Å². The molecule has 2 aliphatic heterocycles. The Morgan fingerprint density at radius 3 is 2.18 bits per heavy atom. The topological polar surface area (TPSA) is 105 Å². The van der Waals surface area contributed by atoms with E-state index in [2.05, 4.69) is 49.2 Å². The lowest BCUT2D eigenvalue weighted by molar-refractivity contribution is -0.190. The molecule has 51 heavy (non-hydrogen) atoms. The van der Waals surface area contributed by atoms with Gasteiger partial charge in [-0.2, -0.15) is 10.2 Å². The lowest BCUT2D eigenvalue weighted by Crippen LogP contribution is -2.46. The van der Waals surface area contributed by atoms with Crippen LogP contribution in [0, 0.1) is 0 Å². The van der Waals surface area contributed by atoms with Crippen LogP contribution in [-0.4, -0.2) is 74.6 Å². The van der Waals surface area contributed by atoms with Crippen molar-refractivity contribution < 1.29 is 14.2 Å². The normalized spacial score (nSPS) is 21.3. The van der Waals surface area contributed by atoms with Crippen LogP contribution in [0.1, 0.15) is 43.7 Å². The highest BCUT2D eigenvalue weighted by atomic mass is 35.5. The van der Waals surface area contributed by atoms with E-state index in [4.69, 9.17) is 37.4 Å². The van der Waals surface area contributed by atoms with Gasteiger partial charge in [0.05, 0.1) is 23.4 Å². The molecule has 0 amide bonds. The van der Waals surface area contributed by atoms with Crippen molar-refractivity contribution in [2.24, 2.45) is 0 Å². The molecule has 0 N–H and O–H groups in total. The van der Waals surface area contributed by atoms with Crippen LogP contribution in [0.4, 0.5) is 11.4 Å². The molecule has 0 radical (unpaired) electrons. The number of hydrogen-bond donors (Lipinski definition) is 0. The third-order valence-electron chi connectivity index (χ3n) is 10.1. The quantitative estimate of drug-likeness (QED) is 0.168. The number of halogens is 2. The van der Waals surface area contributed by atoms with E-state index in [0.717, 1.165) is 74.7 Å². The number of aromatic nitrogens is 6. The number of ether oxygens (including phenoxy) is 3. The van der Waals surface area contributed by atoms with Gasteiger partial charge in [0, 0.05) is 48.1 Å². The molecule has 8 rings (SSSR count). The van der Waals surface area contributed by atoms with Crippen LogP contribution < -0.4 is 20.2 Å². The summed E-state index contributed by atoms with van der Waals surface area (Å²) >= 11 is 12.8. The number of rotatable bonds is 10. The van der Waals surface area contributed by atoms with Gasteiger partial charge in [0.15, 0.2) is 0 Å². The minimum absolute atomic E-state index is 0.0542. The smallest absolute Gasteiger partial charge is 0.350 e. The zero-order valence-corrected chi connectivity index (χ0v) is 29.7. The van der Waals surface area contributed by atoms with Gasteiger partial charge in [0.25, 0.3) is 0 Å². The van der Waals surface area contributed by atoms with Crippen molar-refractivity contribution >= 4 is 34.6 Å². The van der Waals surface area contributed by atoms with Gasteiger partial charge in [-0.3, -0.25) is 0 Å². The number of nitrogens with zero attached hydrogens (tertiary/aromatic N) is 8. The molecule has 0 spiro atoms. The SMILES string of the molecule is O=c1n(-c2ccc(N3CCN(c4ccc(OC[C@@H]5CO[C@@](Cn6cncn6)(c6ccc(Cl)cc6Cl)O5)cc4)CC3)cc2)cnn1C1CCCCC1. The van der Waals surface area contributed by atoms with E-state index in [1.54, 1.807) is 38.7 Å². The van der Waals surface area contributed by atoms with Crippen molar-refractivity contribution in [1.82, 2.24) is 29.1 Å². The first kappa shape index (κ1) is 33.8. The molecule has 2 saturated heterocycles. The molecule has 12 nitrogen and oxygen atoms in total. The lowest BCUT2D eigenvalue weighted by Gasteiger charge is -2.37. The molecule has 266 valence electrons. The number of hydrogen-bond acceptors (Lipinski definition) is 9. The molecule has 4 heterocycles. The fraction of sp³-hybridized carbons (Fsp3) is 0.405. The van der Waals surface area contributed by atoms with Crippen LogP contribution in [-0.2, 0) is 21.8 Å². The second-order valence-corrected chi connectivity index (χ2v) is 14.2. The summed E-state index contributed by atoms with van der Waals surface area (Å²) < 4.78 is 23.9. The lowest BCUT2D eigenvalue weighted by atomic mass is 9.96. The van der Waals surface area contributed by atoms with Crippen molar-refractivity contribution in [3.05, 3.63) is 112 Å². The van der Waals surface area contributed by atoms with Gasteiger partial charge in [0.2, 0.25) is 5.79 Å². The first-order chi connectivity index (χ1) is 24.9. The molecule has 2 aromatic heterocycles. The van der Waals surface area contributed by atoms with E-state index in [1.165, 1.54) is 12.7 Å². The first-order valence-electron chi connectivity index (χ1n) is 17.5.